The van der Waals surface area contributed by atoms with E-state index >= 15 is 0 Å². The van der Waals surface area contributed by atoms with Crippen LogP contribution >= 0.6 is 0 Å². The van der Waals surface area contributed by atoms with Gasteiger partial charge < -0.3 is 9.84 Å². The second-order valence-electron chi connectivity index (χ2n) is 4.57. The molecule has 0 unspecified atom stereocenters. The van der Waals surface area contributed by atoms with Gasteiger partial charge >= 0.3 is 0 Å². The maximum absolute atomic E-state index is 9.04. The molecule has 0 amide bonds. The number of aliphatic hydroxyl groups is 1. The van der Waals surface area contributed by atoms with Gasteiger partial charge in [-0.05, 0) is 34.0 Å². The fourth-order valence-electron chi connectivity index (χ4n) is 1.88. The molecular formula is C13H18N4O2. The van der Waals surface area contributed by atoms with Crippen molar-refractivity contribution in [2.45, 2.75) is 26.2 Å². The van der Waals surface area contributed by atoms with E-state index in [1.807, 2.05) is 18.2 Å². The van der Waals surface area contributed by atoms with Gasteiger partial charge in [-0.15, -0.1) is 5.10 Å². The SMILES string of the molecule is COc1ccc(C(C)C)cc1-n1nnnc1CCO. The number of rotatable bonds is 5. The molecular weight excluding hydrogens is 244 g/mol. The highest BCUT2D eigenvalue weighted by Gasteiger charge is 2.14. The van der Waals surface area contributed by atoms with Crippen LogP contribution in [0.5, 0.6) is 5.75 Å². The Morgan fingerprint density at radius 2 is 2.16 bits per heavy atom. The van der Waals surface area contributed by atoms with Gasteiger partial charge in [0, 0.05) is 6.42 Å². The fraction of sp³-hybridized carbons (Fsp3) is 0.462. The molecule has 0 spiro atoms. The Labute approximate surface area is 112 Å². The fourth-order valence-corrected chi connectivity index (χ4v) is 1.88. The lowest BCUT2D eigenvalue weighted by molar-refractivity contribution is 0.295. The van der Waals surface area contributed by atoms with Crippen molar-refractivity contribution in [1.82, 2.24) is 20.2 Å². The molecule has 0 radical (unpaired) electrons. The summed E-state index contributed by atoms with van der Waals surface area (Å²) in [6, 6.07) is 5.96. The molecule has 1 N–H and O–H groups in total. The van der Waals surface area contributed by atoms with E-state index in [0.717, 1.165) is 5.69 Å². The molecule has 0 saturated carbocycles. The minimum atomic E-state index is 0.00651. The van der Waals surface area contributed by atoms with Gasteiger partial charge in [0.05, 0.1) is 13.7 Å². The zero-order valence-electron chi connectivity index (χ0n) is 11.4. The van der Waals surface area contributed by atoms with Crippen LogP contribution in [0, 0.1) is 0 Å². The number of aromatic nitrogens is 4. The Balaban J connectivity index is 2.52. The van der Waals surface area contributed by atoms with E-state index in [1.165, 1.54) is 5.56 Å². The van der Waals surface area contributed by atoms with E-state index in [9.17, 15) is 0 Å². The molecule has 0 bridgehead atoms. The van der Waals surface area contributed by atoms with Gasteiger partial charge in [-0.1, -0.05) is 19.9 Å². The molecule has 6 heteroatoms. The van der Waals surface area contributed by atoms with Crippen molar-refractivity contribution < 1.29 is 9.84 Å². The third kappa shape index (κ3) is 2.73. The Kier molecular flexibility index (Phi) is 4.11. The average Bonchev–Trinajstić information content (AvgIpc) is 2.86. The van der Waals surface area contributed by atoms with Gasteiger partial charge in [0.1, 0.15) is 11.4 Å². The van der Waals surface area contributed by atoms with Gasteiger partial charge in [0.25, 0.3) is 0 Å². The van der Waals surface area contributed by atoms with E-state index in [0.29, 0.717) is 23.9 Å². The minimum Gasteiger partial charge on any atom is -0.494 e. The van der Waals surface area contributed by atoms with Gasteiger partial charge in [0.2, 0.25) is 0 Å². The number of hydrogen-bond acceptors (Lipinski definition) is 5. The van der Waals surface area contributed by atoms with Gasteiger partial charge in [-0.25, -0.2) is 0 Å². The lowest BCUT2D eigenvalue weighted by Gasteiger charge is -2.13. The first kappa shape index (κ1) is 13.5. The maximum atomic E-state index is 9.04. The minimum absolute atomic E-state index is 0.00651. The molecule has 6 nitrogen and oxygen atoms in total. The summed E-state index contributed by atoms with van der Waals surface area (Å²) >= 11 is 0. The van der Waals surface area contributed by atoms with Crippen LogP contribution < -0.4 is 4.74 Å². The zero-order chi connectivity index (χ0) is 13.8. The summed E-state index contributed by atoms with van der Waals surface area (Å²) in [5.41, 5.74) is 1.98. The lowest BCUT2D eigenvalue weighted by Crippen LogP contribution is -2.07. The summed E-state index contributed by atoms with van der Waals surface area (Å²) in [4.78, 5) is 0. The molecule has 0 saturated heterocycles. The Morgan fingerprint density at radius 1 is 1.37 bits per heavy atom. The summed E-state index contributed by atoms with van der Waals surface area (Å²) in [6.45, 7) is 4.26. The van der Waals surface area contributed by atoms with E-state index in [2.05, 4.69) is 29.4 Å². The van der Waals surface area contributed by atoms with Crippen LogP contribution in [-0.2, 0) is 6.42 Å². The molecule has 19 heavy (non-hydrogen) atoms. The predicted octanol–water partition coefficient (Wildman–Crippen LogP) is 1.33. The van der Waals surface area contributed by atoms with Crippen LogP contribution in [0.15, 0.2) is 18.2 Å². The molecule has 0 fully saturated rings. The normalized spacial score (nSPS) is 11.0. The van der Waals surface area contributed by atoms with E-state index < -0.39 is 0 Å². The summed E-state index contributed by atoms with van der Waals surface area (Å²) in [7, 11) is 1.62. The highest BCUT2D eigenvalue weighted by molar-refractivity contribution is 5.49. The first-order valence-electron chi connectivity index (χ1n) is 6.23. The third-order valence-electron chi connectivity index (χ3n) is 2.97. The van der Waals surface area contributed by atoms with Crippen molar-refractivity contribution >= 4 is 0 Å². The van der Waals surface area contributed by atoms with Gasteiger partial charge in [0.15, 0.2) is 5.82 Å². The largest absolute Gasteiger partial charge is 0.494 e. The standard InChI is InChI=1S/C13H18N4O2/c1-9(2)10-4-5-12(19-3)11(8-10)17-13(6-7-18)14-15-16-17/h4-5,8-9,18H,6-7H2,1-3H3. The van der Waals surface area contributed by atoms with Crippen LogP contribution in [0.4, 0.5) is 0 Å². The highest BCUT2D eigenvalue weighted by Crippen LogP contribution is 2.27. The van der Waals surface area contributed by atoms with Crippen molar-refractivity contribution in [3.63, 3.8) is 0 Å². The van der Waals surface area contributed by atoms with Crippen LogP contribution in [0.25, 0.3) is 5.69 Å². The van der Waals surface area contributed by atoms with E-state index in [1.54, 1.807) is 11.8 Å². The predicted molar refractivity (Wildman–Crippen MR) is 70.6 cm³/mol. The molecule has 0 aliphatic carbocycles. The average molecular weight is 262 g/mol. The molecule has 102 valence electrons. The first-order chi connectivity index (χ1) is 9.17. The maximum Gasteiger partial charge on any atom is 0.159 e. The van der Waals surface area contributed by atoms with E-state index in [4.69, 9.17) is 9.84 Å². The second-order valence-corrected chi connectivity index (χ2v) is 4.57. The van der Waals surface area contributed by atoms with Crippen LogP contribution in [-0.4, -0.2) is 39.0 Å². The van der Waals surface area contributed by atoms with E-state index in [-0.39, 0.29) is 6.61 Å². The molecule has 0 atom stereocenters. The Morgan fingerprint density at radius 3 is 2.79 bits per heavy atom. The number of ether oxygens (including phenoxy) is 1. The monoisotopic (exact) mass is 262 g/mol. The molecule has 2 rings (SSSR count). The number of aliphatic hydroxyl groups excluding tert-OH is 1. The molecule has 1 aromatic carbocycles. The number of methoxy groups -OCH3 is 1. The van der Waals surface area contributed by atoms with Crippen LogP contribution in [0.1, 0.15) is 31.2 Å². The molecule has 2 aromatic rings. The zero-order valence-corrected chi connectivity index (χ0v) is 11.4. The third-order valence-corrected chi connectivity index (χ3v) is 2.97. The number of nitrogens with zero attached hydrogens (tertiary/aromatic N) is 4. The Hall–Kier alpha value is -1.95. The van der Waals surface area contributed by atoms with Crippen molar-refractivity contribution in [3.05, 3.63) is 29.6 Å². The summed E-state index contributed by atoms with van der Waals surface area (Å²) in [5.74, 6) is 1.72. The van der Waals surface area contributed by atoms with Crippen LogP contribution in [0.2, 0.25) is 0 Å². The second kappa shape index (κ2) is 5.79. The quantitative estimate of drug-likeness (QED) is 0.880. The topological polar surface area (TPSA) is 73.1 Å². The first-order valence-corrected chi connectivity index (χ1v) is 6.23. The van der Waals surface area contributed by atoms with Crippen molar-refractivity contribution in [3.8, 4) is 11.4 Å². The number of benzene rings is 1. The number of tetrazole rings is 1. The van der Waals surface area contributed by atoms with Crippen molar-refractivity contribution in [2.75, 3.05) is 13.7 Å². The van der Waals surface area contributed by atoms with Crippen LogP contribution in [0.3, 0.4) is 0 Å². The van der Waals surface area contributed by atoms with Crippen molar-refractivity contribution in [1.29, 1.82) is 0 Å². The molecule has 1 aromatic heterocycles. The molecule has 0 aliphatic heterocycles. The smallest absolute Gasteiger partial charge is 0.159 e. The highest BCUT2D eigenvalue weighted by atomic mass is 16.5. The summed E-state index contributed by atoms with van der Waals surface area (Å²) < 4.78 is 6.97. The summed E-state index contributed by atoms with van der Waals surface area (Å²) in [6.07, 6.45) is 0.405. The number of hydrogen-bond donors (Lipinski definition) is 1. The molecule has 1 heterocycles. The lowest BCUT2D eigenvalue weighted by atomic mass is 10.0. The van der Waals surface area contributed by atoms with Gasteiger partial charge in [-0.2, -0.15) is 4.68 Å². The van der Waals surface area contributed by atoms with Crippen molar-refractivity contribution in [2.24, 2.45) is 0 Å². The summed E-state index contributed by atoms with van der Waals surface area (Å²) in [5, 5.41) is 20.6. The Bertz CT molecular complexity index is 551. The molecule has 0 aliphatic rings. The van der Waals surface area contributed by atoms with Gasteiger partial charge in [-0.3, -0.25) is 0 Å².